The second-order valence-corrected chi connectivity index (χ2v) is 5.06. The third-order valence-corrected chi connectivity index (χ3v) is 3.56. The molecule has 0 amide bonds. The number of halogens is 3. The quantitative estimate of drug-likeness (QED) is 0.870. The van der Waals surface area contributed by atoms with Gasteiger partial charge < -0.3 is 11.1 Å². The summed E-state index contributed by atoms with van der Waals surface area (Å²) in [5.74, 6) is 0.365. The van der Waals surface area contributed by atoms with E-state index in [-0.39, 0.29) is 5.69 Å². The summed E-state index contributed by atoms with van der Waals surface area (Å²) >= 11 is 0. The number of alkyl halides is 3. The minimum atomic E-state index is -4.34. The Hall–Kier alpha value is -1.23. The normalized spacial score (nSPS) is 19.4. The molecule has 0 heterocycles. The van der Waals surface area contributed by atoms with Gasteiger partial charge in [0.25, 0.3) is 0 Å². The molecule has 18 heavy (non-hydrogen) atoms. The lowest BCUT2D eigenvalue weighted by molar-refractivity contribution is -0.137. The predicted octanol–water partition coefficient (Wildman–Crippen LogP) is 3.24. The second kappa shape index (κ2) is 4.46. The molecule has 1 aliphatic carbocycles. The van der Waals surface area contributed by atoms with Gasteiger partial charge in [0.1, 0.15) is 0 Å². The molecule has 3 N–H and O–H groups in total. The van der Waals surface area contributed by atoms with Crippen LogP contribution in [0.2, 0.25) is 0 Å². The van der Waals surface area contributed by atoms with Crippen LogP contribution >= 0.6 is 0 Å². The van der Waals surface area contributed by atoms with Crippen LogP contribution in [0, 0.1) is 5.92 Å². The fourth-order valence-corrected chi connectivity index (χ4v) is 2.19. The Kier molecular flexibility index (Phi) is 3.27. The highest BCUT2D eigenvalue weighted by molar-refractivity contribution is 5.54. The zero-order valence-corrected chi connectivity index (χ0v) is 10.2. The fraction of sp³-hybridized carbons (Fsp3) is 0.538. The van der Waals surface area contributed by atoms with Crippen molar-refractivity contribution < 1.29 is 13.2 Å². The van der Waals surface area contributed by atoms with Gasteiger partial charge in [0.15, 0.2) is 0 Å². The van der Waals surface area contributed by atoms with Gasteiger partial charge in [-0.05, 0) is 37.8 Å². The van der Waals surface area contributed by atoms with Gasteiger partial charge in [-0.15, -0.1) is 0 Å². The van der Waals surface area contributed by atoms with Crippen LogP contribution in [0.3, 0.4) is 0 Å². The van der Waals surface area contributed by atoms with E-state index in [0.29, 0.717) is 12.5 Å². The van der Waals surface area contributed by atoms with E-state index in [0.717, 1.165) is 18.9 Å². The van der Waals surface area contributed by atoms with E-state index < -0.39 is 17.3 Å². The van der Waals surface area contributed by atoms with Gasteiger partial charge in [-0.1, -0.05) is 12.1 Å². The van der Waals surface area contributed by atoms with Crippen molar-refractivity contribution in [1.29, 1.82) is 0 Å². The van der Waals surface area contributed by atoms with Crippen LogP contribution in [-0.4, -0.2) is 12.1 Å². The molecule has 1 aromatic rings. The maximum Gasteiger partial charge on any atom is 0.418 e. The van der Waals surface area contributed by atoms with Crippen LogP contribution in [0.1, 0.15) is 25.3 Å². The number of para-hydroxylation sites is 1. The minimum absolute atomic E-state index is 0.116. The summed E-state index contributed by atoms with van der Waals surface area (Å²) in [7, 11) is 0. The van der Waals surface area contributed by atoms with Crippen molar-refractivity contribution in [1.82, 2.24) is 0 Å². The minimum Gasteiger partial charge on any atom is -0.378 e. The van der Waals surface area contributed by atoms with Gasteiger partial charge in [-0.25, -0.2) is 0 Å². The maximum atomic E-state index is 12.9. The fourth-order valence-electron chi connectivity index (χ4n) is 2.19. The van der Waals surface area contributed by atoms with Crippen molar-refractivity contribution in [3.05, 3.63) is 29.8 Å². The molecular weight excluding hydrogens is 241 g/mol. The van der Waals surface area contributed by atoms with Crippen molar-refractivity contribution in [3.63, 3.8) is 0 Å². The average Bonchev–Trinajstić information content (AvgIpc) is 3.12. The average molecular weight is 258 g/mol. The molecule has 1 aliphatic rings. The summed E-state index contributed by atoms with van der Waals surface area (Å²) in [5, 5.41) is 3.00. The highest BCUT2D eigenvalue weighted by Gasteiger charge is 2.42. The SMILES string of the molecule is CC(CN)(Nc1ccccc1C(F)(F)F)C1CC1. The van der Waals surface area contributed by atoms with Crippen LogP contribution in [0.15, 0.2) is 24.3 Å². The van der Waals surface area contributed by atoms with Gasteiger partial charge in [0.05, 0.1) is 5.56 Å². The Bertz CT molecular complexity index is 426. The van der Waals surface area contributed by atoms with Crippen molar-refractivity contribution in [3.8, 4) is 0 Å². The zero-order valence-electron chi connectivity index (χ0n) is 10.2. The van der Waals surface area contributed by atoms with Crippen molar-refractivity contribution in [2.24, 2.45) is 11.7 Å². The van der Waals surface area contributed by atoms with Gasteiger partial charge in [-0.2, -0.15) is 13.2 Å². The predicted molar refractivity (Wildman–Crippen MR) is 65.3 cm³/mol. The Morgan fingerprint density at radius 1 is 1.28 bits per heavy atom. The summed E-state index contributed by atoms with van der Waals surface area (Å²) in [6, 6.07) is 5.54. The van der Waals surface area contributed by atoms with E-state index in [1.807, 2.05) is 6.92 Å². The van der Waals surface area contributed by atoms with Crippen LogP contribution in [0.5, 0.6) is 0 Å². The number of nitrogens with one attached hydrogen (secondary N) is 1. The summed E-state index contributed by atoms with van der Waals surface area (Å²) in [6.07, 6.45) is -2.30. The highest BCUT2D eigenvalue weighted by Crippen LogP contribution is 2.43. The molecule has 5 heteroatoms. The lowest BCUT2D eigenvalue weighted by atomic mass is 9.95. The van der Waals surface area contributed by atoms with Crippen molar-refractivity contribution in [2.45, 2.75) is 31.5 Å². The summed E-state index contributed by atoms with van der Waals surface area (Å²) < 4.78 is 38.6. The van der Waals surface area contributed by atoms with Crippen LogP contribution in [0.25, 0.3) is 0 Å². The third kappa shape index (κ3) is 2.61. The molecule has 1 unspecified atom stereocenters. The zero-order chi connectivity index (χ0) is 13.4. The van der Waals surface area contributed by atoms with Crippen LogP contribution < -0.4 is 11.1 Å². The molecule has 1 saturated carbocycles. The molecule has 2 rings (SSSR count). The lowest BCUT2D eigenvalue weighted by Crippen LogP contribution is -2.45. The molecule has 1 aromatic carbocycles. The number of nitrogens with two attached hydrogens (primary N) is 1. The molecule has 1 fully saturated rings. The maximum absolute atomic E-state index is 12.9. The molecular formula is C13H17F3N2. The molecule has 1 atom stereocenters. The molecule has 0 radical (unpaired) electrons. The van der Waals surface area contributed by atoms with Gasteiger partial charge >= 0.3 is 6.18 Å². The Labute approximate surface area is 104 Å². The molecule has 100 valence electrons. The first-order chi connectivity index (χ1) is 8.37. The largest absolute Gasteiger partial charge is 0.418 e. The summed E-state index contributed by atoms with van der Waals surface area (Å²) in [4.78, 5) is 0. The van der Waals surface area contributed by atoms with Crippen LogP contribution in [-0.2, 0) is 6.18 Å². The molecule has 0 aliphatic heterocycles. The van der Waals surface area contributed by atoms with Crippen molar-refractivity contribution >= 4 is 5.69 Å². The molecule has 0 spiro atoms. The molecule has 0 aromatic heterocycles. The van der Waals surface area contributed by atoms with E-state index in [2.05, 4.69) is 5.32 Å². The van der Waals surface area contributed by atoms with Gasteiger partial charge in [0, 0.05) is 17.8 Å². The Morgan fingerprint density at radius 3 is 2.39 bits per heavy atom. The van der Waals surface area contributed by atoms with E-state index in [1.54, 1.807) is 6.07 Å². The Morgan fingerprint density at radius 2 is 1.89 bits per heavy atom. The topological polar surface area (TPSA) is 38.0 Å². The van der Waals surface area contributed by atoms with E-state index in [4.69, 9.17) is 5.73 Å². The van der Waals surface area contributed by atoms with Crippen LogP contribution in [0.4, 0.5) is 18.9 Å². The van der Waals surface area contributed by atoms with Crippen molar-refractivity contribution in [2.75, 3.05) is 11.9 Å². The molecule has 0 bridgehead atoms. The van der Waals surface area contributed by atoms with E-state index >= 15 is 0 Å². The monoisotopic (exact) mass is 258 g/mol. The third-order valence-electron chi connectivity index (χ3n) is 3.56. The smallest absolute Gasteiger partial charge is 0.378 e. The second-order valence-electron chi connectivity index (χ2n) is 5.06. The van der Waals surface area contributed by atoms with E-state index in [9.17, 15) is 13.2 Å². The number of hydrogen-bond acceptors (Lipinski definition) is 2. The first-order valence-corrected chi connectivity index (χ1v) is 6.01. The van der Waals surface area contributed by atoms with Gasteiger partial charge in [0.2, 0.25) is 0 Å². The number of rotatable bonds is 4. The summed E-state index contributed by atoms with van der Waals surface area (Å²) in [6.45, 7) is 2.21. The first kappa shape index (κ1) is 13.2. The number of anilines is 1. The molecule has 2 nitrogen and oxygen atoms in total. The first-order valence-electron chi connectivity index (χ1n) is 6.01. The van der Waals surface area contributed by atoms with E-state index in [1.165, 1.54) is 12.1 Å². The lowest BCUT2D eigenvalue weighted by Gasteiger charge is -2.32. The number of benzene rings is 1. The standard InChI is InChI=1S/C13H17F3N2/c1-12(8-17,9-6-7-9)18-11-5-3-2-4-10(11)13(14,15)16/h2-5,9,18H,6-8,17H2,1H3. The number of hydrogen-bond donors (Lipinski definition) is 2. The highest BCUT2D eigenvalue weighted by atomic mass is 19.4. The molecule has 0 saturated heterocycles. The summed E-state index contributed by atoms with van der Waals surface area (Å²) in [5.41, 5.74) is 4.74. The Balaban J connectivity index is 2.28. The van der Waals surface area contributed by atoms with Gasteiger partial charge in [-0.3, -0.25) is 0 Å².